The Bertz CT molecular complexity index is 2250. The third-order valence-corrected chi connectivity index (χ3v) is 12.3. The summed E-state index contributed by atoms with van der Waals surface area (Å²) in [4.78, 5) is 129. The maximum Gasteiger partial charge on any atom is 0.307 e. The van der Waals surface area contributed by atoms with Gasteiger partial charge >= 0.3 is 47.8 Å². The van der Waals surface area contributed by atoms with E-state index in [1.807, 2.05) is 0 Å². The highest BCUT2D eigenvalue weighted by Gasteiger charge is 2.32. The van der Waals surface area contributed by atoms with E-state index < -0.39 is 129 Å². The standard InChI is InChI=1S/C57H66N2O18/c60-45(21-23-50(62)63)31-43(39-13-5-1-6-14-39)33-58(37-48(41-17-9-3-10-18-41)76-56(73)29-26-53(68)69)35-47(75-55(72)28-25-52(66)67)36-59(34-44(40-15-7-2-8-16-40)32-46(61)22-24-51(64)65)38-49(42-19-11-4-12-20-42)77-57(74)30-27-54(70)71/h1-20,43-44,47-49H,21-38H2,(H,62,63)(H,64,65)(H,66,67)(H,68,69)(H,70,71). The quantitative estimate of drug-likeness (QED) is 0.0226. The second-order valence-electron chi connectivity index (χ2n) is 18.5. The molecular weight excluding hydrogens is 1000 g/mol. The Labute approximate surface area is 445 Å². The second kappa shape index (κ2) is 33.0. The molecule has 0 aliphatic heterocycles. The van der Waals surface area contributed by atoms with E-state index in [0.29, 0.717) is 22.3 Å². The molecule has 0 amide bonds. The molecule has 4 aromatic carbocycles. The van der Waals surface area contributed by atoms with Crippen molar-refractivity contribution in [3.05, 3.63) is 144 Å². The Hall–Kier alpha value is -8.10. The fraction of sp³-hybridized carbons (Fsp3) is 0.404. The fourth-order valence-electron chi connectivity index (χ4n) is 8.58. The molecule has 20 nitrogen and oxygen atoms in total. The van der Waals surface area contributed by atoms with Gasteiger partial charge in [0, 0.05) is 76.8 Å². The van der Waals surface area contributed by atoms with Crippen LogP contribution in [0.2, 0.25) is 0 Å². The summed E-state index contributed by atoms with van der Waals surface area (Å²) in [5.41, 5.74) is 2.31. The van der Waals surface area contributed by atoms with Crippen molar-refractivity contribution in [2.24, 2.45) is 0 Å². The number of carboxylic acids is 5. The van der Waals surface area contributed by atoms with E-state index in [2.05, 4.69) is 0 Å². The molecule has 0 saturated carbocycles. The first-order valence-electron chi connectivity index (χ1n) is 25.2. The van der Waals surface area contributed by atoms with Gasteiger partial charge in [0.05, 0.1) is 51.4 Å². The molecule has 0 radical (unpaired) electrons. The van der Waals surface area contributed by atoms with Gasteiger partial charge in [0.1, 0.15) is 29.9 Å². The lowest BCUT2D eigenvalue weighted by atomic mass is 9.91. The first-order chi connectivity index (χ1) is 36.8. The molecule has 0 fully saturated rings. The van der Waals surface area contributed by atoms with Gasteiger partial charge < -0.3 is 39.7 Å². The Kier molecular flexibility index (Phi) is 26.4. The summed E-state index contributed by atoms with van der Waals surface area (Å²) in [6.45, 7) is -0.866. The molecule has 0 spiro atoms. The first kappa shape index (κ1) is 61.4. The minimum atomic E-state index is -1.29. The van der Waals surface area contributed by atoms with Gasteiger partial charge in [0.25, 0.3) is 0 Å². The molecule has 0 heterocycles. The molecule has 0 saturated heterocycles. The van der Waals surface area contributed by atoms with Gasteiger partial charge in [-0.1, -0.05) is 121 Å². The summed E-state index contributed by atoms with van der Waals surface area (Å²) in [6.07, 6.45) is -8.39. The Balaban J connectivity index is 1.93. The summed E-state index contributed by atoms with van der Waals surface area (Å²) in [5.74, 6) is -10.8. The van der Waals surface area contributed by atoms with Crippen molar-refractivity contribution in [1.82, 2.24) is 9.80 Å². The van der Waals surface area contributed by atoms with Gasteiger partial charge in [0.2, 0.25) is 0 Å². The lowest BCUT2D eigenvalue weighted by Gasteiger charge is -2.37. The molecule has 4 rings (SSSR count). The molecule has 20 heteroatoms. The van der Waals surface area contributed by atoms with Crippen LogP contribution in [0.4, 0.5) is 0 Å². The normalized spacial score (nSPS) is 13.1. The molecule has 0 aromatic heterocycles. The number of hydrogen-bond acceptors (Lipinski definition) is 15. The number of hydrogen-bond donors (Lipinski definition) is 5. The zero-order valence-corrected chi connectivity index (χ0v) is 42.6. The maximum absolute atomic E-state index is 13.8. The van der Waals surface area contributed by atoms with Crippen LogP contribution in [0.5, 0.6) is 0 Å². The second-order valence-corrected chi connectivity index (χ2v) is 18.5. The average molecular weight is 1070 g/mol. The van der Waals surface area contributed by atoms with Crippen molar-refractivity contribution in [2.75, 3.05) is 39.3 Å². The molecular formula is C57H66N2O18. The molecule has 4 unspecified atom stereocenters. The van der Waals surface area contributed by atoms with Crippen LogP contribution in [0.1, 0.15) is 123 Å². The summed E-state index contributed by atoms with van der Waals surface area (Å²) < 4.78 is 18.2. The number of aliphatic carboxylic acids is 5. The third-order valence-electron chi connectivity index (χ3n) is 12.3. The van der Waals surface area contributed by atoms with Crippen molar-refractivity contribution in [3.8, 4) is 0 Å². The molecule has 77 heavy (non-hydrogen) atoms. The van der Waals surface area contributed by atoms with Crippen molar-refractivity contribution in [3.63, 3.8) is 0 Å². The van der Waals surface area contributed by atoms with Crippen LogP contribution >= 0.6 is 0 Å². The summed E-state index contributed by atoms with van der Waals surface area (Å²) in [5, 5.41) is 47.2. The van der Waals surface area contributed by atoms with E-state index in [9.17, 15) is 73.5 Å². The van der Waals surface area contributed by atoms with E-state index in [-0.39, 0.29) is 76.5 Å². The monoisotopic (exact) mass is 1070 g/mol. The zero-order valence-electron chi connectivity index (χ0n) is 42.6. The lowest BCUT2D eigenvalue weighted by Crippen LogP contribution is -2.47. The largest absolute Gasteiger partial charge is 0.481 e. The molecule has 0 aliphatic rings. The minimum absolute atomic E-state index is 0.0272. The predicted octanol–water partition coefficient (Wildman–Crippen LogP) is 6.88. The zero-order chi connectivity index (χ0) is 56.1. The van der Waals surface area contributed by atoms with E-state index in [4.69, 9.17) is 14.2 Å². The average Bonchev–Trinajstić information content (AvgIpc) is 3.40. The summed E-state index contributed by atoms with van der Waals surface area (Å²) in [6, 6.07) is 34.7. The van der Waals surface area contributed by atoms with Crippen LogP contribution in [0.3, 0.4) is 0 Å². The van der Waals surface area contributed by atoms with Crippen molar-refractivity contribution < 1.29 is 87.7 Å². The highest BCUT2D eigenvalue weighted by atomic mass is 16.6. The summed E-state index contributed by atoms with van der Waals surface area (Å²) in [7, 11) is 0. The fourth-order valence-corrected chi connectivity index (χ4v) is 8.58. The van der Waals surface area contributed by atoms with Crippen molar-refractivity contribution in [1.29, 1.82) is 0 Å². The molecule has 4 atom stereocenters. The maximum atomic E-state index is 13.8. The number of carboxylic acid groups (broad SMARTS) is 5. The van der Waals surface area contributed by atoms with Crippen LogP contribution in [0.25, 0.3) is 0 Å². The van der Waals surface area contributed by atoms with Crippen molar-refractivity contribution in [2.45, 2.75) is 107 Å². The molecule has 4 aromatic rings. The van der Waals surface area contributed by atoms with Crippen LogP contribution in [-0.2, 0) is 62.2 Å². The predicted molar refractivity (Wildman–Crippen MR) is 275 cm³/mol. The van der Waals surface area contributed by atoms with Crippen LogP contribution in [-0.4, -0.2) is 140 Å². The number of carbonyl (C=O) groups excluding carboxylic acids is 5. The highest BCUT2D eigenvalue weighted by Crippen LogP contribution is 2.29. The number of nitrogens with zero attached hydrogens (tertiary/aromatic N) is 2. The van der Waals surface area contributed by atoms with E-state index in [1.165, 1.54) is 0 Å². The van der Waals surface area contributed by atoms with Crippen molar-refractivity contribution >= 4 is 59.3 Å². The molecule has 412 valence electrons. The Morgan fingerprint density at radius 1 is 0.325 bits per heavy atom. The van der Waals surface area contributed by atoms with Gasteiger partial charge in [-0.2, -0.15) is 0 Å². The van der Waals surface area contributed by atoms with Gasteiger partial charge in [0.15, 0.2) is 0 Å². The van der Waals surface area contributed by atoms with Crippen LogP contribution in [0.15, 0.2) is 121 Å². The Morgan fingerprint density at radius 3 is 0.896 bits per heavy atom. The number of rotatable bonds is 38. The third kappa shape index (κ3) is 24.9. The lowest BCUT2D eigenvalue weighted by molar-refractivity contribution is -0.156. The smallest absolute Gasteiger partial charge is 0.307 e. The highest BCUT2D eigenvalue weighted by molar-refractivity contribution is 5.84. The first-order valence-corrected chi connectivity index (χ1v) is 25.2. The number of esters is 3. The number of ketones is 2. The van der Waals surface area contributed by atoms with E-state index in [1.54, 1.807) is 131 Å². The van der Waals surface area contributed by atoms with E-state index in [0.717, 1.165) is 0 Å². The summed E-state index contributed by atoms with van der Waals surface area (Å²) >= 11 is 0. The van der Waals surface area contributed by atoms with Gasteiger partial charge in [-0.05, 0) is 22.3 Å². The molecule has 0 bridgehead atoms. The van der Waals surface area contributed by atoms with Gasteiger partial charge in [-0.25, -0.2) is 0 Å². The van der Waals surface area contributed by atoms with Crippen LogP contribution in [0, 0.1) is 0 Å². The number of benzene rings is 4. The van der Waals surface area contributed by atoms with Gasteiger partial charge in [-0.15, -0.1) is 0 Å². The molecule has 5 N–H and O–H groups in total. The van der Waals surface area contributed by atoms with Crippen LogP contribution < -0.4 is 0 Å². The number of carbonyl (C=O) groups is 10. The number of Topliss-reactive ketones (excluding diaryl/α,β-unsaturated/α-hetero) is 2. The van der Waals surface area contributed by atoms with E-state index >= 15 is 0 Å². The van der Waals surface area contributed by atoms with Gasteiger partial charge in [-0.3, -0.25) is 57.7 Å². The topological polar surface area (TPSA) is 306 Å². The Morgan fingerprint density at radius 2 is 0.597 bits per heavy atom. The minimum Gasteiger partial charge on any atom is -0.481 e. The molecule has 0 aliphatic carbocycles. The number of ether oxygens (including phenoxy) is 3. The SMILES string of the molecule is O=C(O)CCC(=O)CC(CN(CC(CN(CC(CC(=O)CCC(=O)O)c1ccccc1)CC(OC(=O)CCC(=O)O)c1ccccc1)OC(=O)CCC(=O)O)CC(OC(=O)CCC(=O)O)c1ccccc1)c1ccccc1.